The number of hydrogen-bond acceptors (Lipinski definition) is 3. The molecule has 2 fully saturated rings. The van der Waals surface area contributed by atoms with E-state index >= 15 is 0 Å². The molecule has 0 heterocycles. The maximum absolute atomic E-state index is 11.9. The van der Waals surface area contributed by atoms with Crippen molar-refractivity contribution in [2.45, 2.75) is 71.8 Å². The van der Waals surface area contributed by atoms with E-state index in [1.807, 2.05) is 0 Å². The first-order valence-corrected chi connectivity index (χ1v) is 9.50. The molecule has 0 bridgehead atoms. The molecule has 7 atom stereocenters. The Bertz CT molecular complexity index is 580. The van der Waals surface area contributed by atoms with Crippen molar-refractivity contribution in [2.75, 3.05) is 0 Å². The highest BCUT2D eigenvalue weighted by molar-refractivity contribution is 5.82. The van der Waals surface area contributed by atoms with Gasteiger partial charge in [-0.05, 0) is 67.1 Å². The van der Waals surface area contributed by atoms with Crippen LogP contribution in [0.15, 0.2) is 16.3 Å². The molecule has 0 amide bonds. The average molecular weight is 315 g/mol. The van der Waals surface area contributed by atoms with Gasteiger partial charge in [0.1, 0.15) is 5.78 Å². The van der Waals surface area contributed by atoms with Gasteiger partial charge in [-0.15, -0.1) is 0 Å². The quantitative estimate of drug-likeness (QED) is 0.510. The van der Waals surface area contributed by atoms with Gasteiger partial charge in [-0.25, -0.2) is 0 Å². The summed E-state index contributed by atoms with van der Waals surface area (Å²) in [4.78, 5) is 23.3. The number of fused-ring (bicyclic) bond motifs is 4. The van der Waals surface area contributed by atoms with E-state index in [1.54, 1.807) is 5.57 Å². The van der Waals surface area contributed by atoms with E-state index in [4.69, 9.17) is 0 Å². The molecule has 3 unspecified atom stereocenters. The van der Waals surface area contributed by atoms with E-state index in [0.717, 1.165) is 38.5 Å². The van der Waals surface area contributed by atoms with Crippen LogP contribution in [0.2, 0.25) is 0 Å². The number of carbonyl (C=O) groups excluding carboxylic acids is 1. The van der Waals surface area contributed by atoms with E-state index in [0.29, 0.717) is 35.4 Å². The molecular weight excluding hydrogens is 286 g/mol. The molecule has 2 saturated carbocycles. The summed E-state index contributed by atoms with van der Waals surface area (Å²) in [5.41, 5.74) is 3.23. The molecule has 23 heavy (non-hydrogen) atoms. The molecule has 3 heteroatoms. The SMILES string of the molecule is C[C@@H]1CC2=C(CCC(=O)C2)C2C1C1CC[C@H](N=O)[C@@]1(C)C[C@@H]2C. The van der Waals surface area contributed by atoms with Crippen LogP contribution in [0.25, 0.3) is 0 Å². The van der Waals surface area contributed by atoms with Crippen molar-refractivity contribution in [2.24, 2.45) is 40.2 Å². The minimum Gasteiger partial charge on any atom is -0.299 e. The molecule has 0 aromatic heterocycles. The predicted octanol–water partition coefficient (Wildman–Crippen LogP) is 4.90. The summed E-state index contributed by atoms with van der Waals surface area (Å²) in [6, 6.07) is 0.0198. The summed E-state index contributed by atoms with van der Waals surface area (Å²) >= 11 is 0. The highest BCUT2D eigenvalue weighted by atomic mass is 16.3. The van der Waals surface area contributed by atoms with Crippen molar-refractivity contribution in [3.8, 4) is 0 Å². The topological polar surface area (TPSA) is 46.5 Å². The van der Waals surface area contributed by atoms with Gasteiger partial charge < -0.3 is 0 Å². The molecule has 0 aromatic rings. The minimum atomic E-state index is 0.0198. The fraction of sp³-hybridized carbons (Fsp3) is 0.850. The largest absolute Gasteiger partial charge is 0.299 e. The van der Waals surface area contributed by atoms with Crippen LogP contribution in [0, 0.1) is 39.9 Å². The van der Waals surface area contributed by atoms with Gasteiger partial charge in [0, 0.05) is 12.8 Å². The molecule has 4 aliphatic carbocycles. The predicted molar refractivity (Wildman–Crippen MR) is 90.8 cm³/mol. The number of nitroso groups, excluding NO2 is 1. The molecule has 4 rings (SSSR count). The van der Waals surface area contributed by atoms with E-state index in [2.05, 4.69) is 25.9 Å². The number of carbonyl (C=O) groups is 1. The Morgan fingerprint density at radius 2 is 1.91 bits per heavy atom. The highest BCUT2D eigenvalue weighted by Crippen LogP contribution is 2.64. The smallest absolute Gasteiger partial charge is 0.137 e. The summed E-state index contributed by atoms with van der Waals surface area (Å²) in [7, 11) is 0. The van der Waals surface area contributed by atoms with Gasteiger partial charge in [-0.3, -0.25) is 4.79 Å². The van der Waals surface area contributed by atoms with Crippen LogP contribution in [0.5, 0.6) is 0 Å². The number of Topliss-reactive ketones (excluding diaryl/α,β-unsaturated/α-hetero) is 1. The van der Waals surface area contributed by atoms with Crippen molar-refractivity contribution in [3.05, 3.63) is 16.1 Å². The lowest BCUT2D eigenvalue weighted by Crippen LogP contribution is -2.50. The van der Waals surface area contributed by atoms with Gasteiger partial charge in [0.05, 0.1) is 6.04 Å². The molecule has 0 radical (unpaired) electrons. The molecule has 0 saturated heterocycles. The van der Waals surface area contributed by atoms with Crippen LogP contribution >= 0.6 is 0 Å². The Labute approximate surface area is 139 Å². The number of allylic oxidation sites excluding steroid dienone is 2. The van der Waals surface area contributed by atoms with Gasteiger partial charge in [0.15, 0.2) is 0 Å². The molecule has 0 spiro atoms. The zero-order chi connectivity index (χ0) is 16.4. The van der Waals surface area contributed by atoms with Crippen molar-refractivity contribution < 1.29 is 4.79 Å². The fourth-order valence-electron chi connectivity index (χ4n) is 7.13. The van der Waals surface area contributed by atoms with Crippen LogP contribution in [-0.2, 0) is 4.79 Å². The summed E-state index contributed by atoms with van der Waals surface area (Å²) < 4.78 is 0. The molecule has 3 nitrogen and oxygen atoms in total. The lowest BCUT2D eigenvalue weighted by atomic mass is 9.49. The summed E-state index contributed by atoms with van der Waals surface area (Å²) in [6.07, 6.45) is 6.88. The zero-order valence-electron chi connectivity index (χ0n) is 14.7. The van der Waals surface area contributed by atoms with Crippen LogP contribution < -0.4 is 0 Å². The van der Waals surface area contributed by atoms with Crippen LogP contribution in [0.1, 0.15) is 65.7 Å². The van der Waals surface area contributed by atoms with Crippen LogP contribution in [0.4, 0.5) is 0 Å². The molecular formula is C20H29NO2. The Hall–Kier alpha value is -0.990. The van der Waals surface area contributed by atoms with Crippen LogP contribution in [-0.4, -0.2) is 11.8 Å². The second kappa shape index (κ2) is 5.26. The monoisotopic (exact) mass is 315 g/mol. The van der Waals surface area contributed by atoms with Crippen molar-refractivity contribution >= 4 is 5.78 Å². The number of rotatable bonds is 1. The van der Waals surface area contributed by atoms with E-state index in [1.165, 1.54) is 12.0 Å². The van der Waals surface area contributed by atoms with E-state index in [-0.39, 0.29) is 11.5 Å². The van der Waals surface area contributed by atoms with E-state index < -0.39 is 0 Å². The average Bonchev–Trinajstić information content (AvgIpc) is 2.82. The Kier molecular flexibility index (Phi) is 3.55. The third-order valence-electron chi connectivity index (χ3n) is 7.91. The first kappa shape index (κ1) is 15.5. The van der Waals surface area contributed by atoms with Gasteiger partial charge in [-0.2, -0.15) is 4.91 Å². The maximum atomic E-state index is 11.9. The second-order valence-electron chi connectivity index (χ2n) is 9.12. The van der Waals surface area contributed by atoms with Gasteiger partial charge in [0.2, 0.25) is 0 Å². The number of nitrogens with zero attached hydrogens (tertiary/aromatic N) is 1. The Morgan fingerprint density at radius 3 is 2.65 bits per heavy atom. The third kappa shape index (κ3) is 2.11. The van der Waals surface area contributed by atoms with Gasteiger partial charge in [0.25, 0.3) is 0 Å². The Balaban J connectivity index is 1.74. The summed E-state index contributed by atoms with van der Waals surface area (Å²) in [6.45, 7) is 7.11. The summed E-state index contributed by atoms with van der Waals surface area (Å²) in [5, 5.41) is 3.53. The number of hydrogen-bond donors (Lipinski definition) is 0. The molecule has 0 aliphatic heterocycles. The second-order valence-corrected chi connectivity index (χ2v) is 9.12. The summed E-state index contributed by atoms with van der Waals surface area (Å²) in [5.74, 6) is 3.70. The normalized spacial score (nSPS) is 49.4. The number of ketones is 1. The van der Waals surface area contributed by atoms with Crippen LogP contribution in [0.3, 0.4) is 0 Å². The molecule has 0 N–H and O–H groups in total. The standard InChI is InChI=1S/C20H29NO2/c1-11-8-13-9-14(22)4-5-15(13)18-12(2)10-20(3)16(19(11)18)6-7-17(20)21-23/h11-12,16-19H,4-10H2,1-3H3/t11-,12+,16?,17+,18?,19?,20+/m1/s1. The van der Waals surface area contributed by atoms with Gasteiger partial charge in [-0.1, -0.05) is 37.1 Å². The third-order valence-corrected chi connectivity index (χ3v) is 7.91. The lowest BCUT2D eigenvalue weighted by molar-refractivity contribution is -0.119. The maximum Gasteiger partial charge on any atom is 0.137 e. The molecule has 4 aliphatic rings. The zero-order valence-corrected chi connectivity index (χ0v) is 14.7. The Morgan fingerprint density at radius 1 is 1.13 bits per heavy atom. The highest BCUT2D eigenvalue weighted by Gasteiger charge is 2.59. The van der Waals surface area contributed by atoms with Crippen molar-refractivity contribution in [1.29, 1.82) is 0 Å². The lowest BCUT2D eigenvalue weighted by Gasteiger charge is -2.56. The first-order valence-electron chi connectivity index (χ1n) is 9.50. The van der Waals surface area contributed by atoms with E-state index in [9.17, 15) is 9.70 Å². The van der Waals surface area contributed by atoms with Crippen molar-refractivity contribution in [3.63, 3.8) is 0 Å². The first-order chi connectivity index (χ1) is 11.0. The van der Waals surface area contributed by atoms with Gasteiger partial charge >= 0.3 is 0 Å². The van der Waals surface area contributed by atoms with Crippen molar-refractivity contribution in [1.82, 2.24) is 0 Å². The fourth-order valence-corrected chi connectivity index (χ4v) is 7.13. The minimum absolute atomic E-state index is 0.0198. The molecule has 0 aromatic carbocycles. The molecule has 126 valence electrons.